The lowest BCUT2D eigenvalue weighted by atomic mass is 10.0. The number of nitrogens with two attached hydrogens (primary N) is 1. The van der Waals surface area contributed by atoms with Gasteiger partial charge in [0.25, 0.3) is 0 Å². The minimum Gasteiger partial charge on any atom is -0.481 e. The molecule has 334 valence electrons. The Bertz CT molecular complexity index is 1980. The topological polar surface area (TPSA) is 423 Å². The number of hydrogen-bond donors (Lipinski definition) is 14. The smallest absolute Gasteiger partial charge is 0.328 e. The number of amides is 6. The van der Waals surface area contributed by atoms with E-state index < -0.39 is 152 Å². The largest absolute Gasteiger partial charge is 0.481 e. The SMILES string of the molecule is C[C@H](N)C(=O)N[C@@H](CCC(=O)O)C(=O)N[C@@H](Cc1c[nH]c2ccccc12)C(=O)N[C@@H](CCC(=O)O)C(=O)N[C@@H](CC(=O)O)C(=O)N[C@@H](CC(=O)O)C(=O)N[C@H](C(=O)O)[C@@H](C)O. The first-order chi connectivity index (χ1) is 28.5. The van der Waals surface area contributed by atoms with Crippen LogP contribution in [0.5, 0.6) is 0 Å². The van der Waals surface area contributed by atoms with Crippen LogP contribution < -0.4 is 37.6 Å². The zero-order valence-electron chi connectivity index (χ0n) is 32.7. The summed E-state index contributed by atoms with van der Waals surface area (Å²) in [5.74, 6) is -15.3. The molecule has 15 N–H and O–H groups in total. The maximum Gasteiger partial charge on any atom is 0.328 e. The van der Waals surface area contributed by atoms with Gasteiger partial charge >= 0.3 is 29.8 Å². The van der Waals surface area contributed by atoms with Gasteiger partial charge in [-0.1, -0.05) is 18.2 Å². The van der Waals surface area contributed by atoms with E-state index in [2.05, 4.69) is 20.9 Å². The van der Waals surface area contributed by atoms with Crippen LogP contribution in [0.25, 0.3) is 10.9 Å². The summed E-state index contributed by atoms with van der Waals surface area (Å²) in [4.78, 5) is 141. The number of para-hydroxylation sites is 1. The Morgan fingerprint density at radius 1 is 0.574 bits per heavy atom. The average Bonchev–Trinajstić information content (AvgIpc) is 3.57. The first kappa shape index (κ1) is 50.0. The van der Waals surface area contributed by atoms with Crippen molar-refractivity contribution >= 4 is 76.2 Å². The van der Waals surface area contributed by atoms with Crippen LogP contribution in [-0.2, 0) is 59.2 Å². The second-order valence-corrected chi connectivity index (χ2v) is 13.8. The molecule has 25 nitrogen and oxygen atoms in total. The fraction of sp³-hybridized carbons (Fsp3) is 0.472. The summed E-state index contributed by atoms with van der Waals surface area (Å²) < 4.78 is 0. The molecule has 0 unspecified atom stereocenters. The van der Waals surface area contributed by atoms with E-state index in [0.29, 0.717) is 16.5 Å². The molecule has 0 aliphatic heterocycles. The summed E-state index contributed by atoms with van der Waals surface area (Å²) in [5.41, 5.74) is 6.65. The maximum absolute atomic E-state index is 14.0. The molecular weight excluding hydrogens is 816 g/mol. The quantitative estimate of drug-likeness (QED) is 0.0430. The summed E-state index contributed by atoms with van der Waals surface area (Å²) in [6.07, 6.45) is -5.50. The predicted octanol–water partition coefficient (Wildman–Crippen LogP) is -3.89. The van der Waals surface area contributed by atoms with Crippen LogP contribution in [0.15, 0.2) is 30.5 Å². The minimum absolute atomic E-state index is 0.323. The number of fused-ring (bicyclic) bond motifs is 1. The second-order valence-electron chi connectivity index (χ2n) is 13.8. The zero-order valence-corrected chi connectivity index (χ0v) is 32.7. The van der Waals surface area contributed by atoms with Gasteiger partial charge in [-0.3, -0.25) is 47.9 Å². The molecule has 6 amide bonds. The van der Waals surface area contributed by atoms with E-state index >= 15 is 0 Å². The number of aromatic nitrogens is 1. The number of benzene rings is 1. The Morgan fingerprint density at radius 2 is 0.984 bits per heavy atom. The summed E-state index contributed by atoms with van der Waals surface area (Å²) in [6, 6.07) is -5.65. The second kappa shape index (κ2) is 23.4. The maximum atomic E-state index is 14.0. The van der Waals surface area contributed by atoms with Gasteiger partial charge in [-0.05, 0) is 38.3 Å². The van der Waals surface area contributed by atoms with Crippen LogP contribution in [0.1, 0.15) is 57.9 Å². The zero-order chi connectivity index (χ0) is 46.1. The van der Waals surface area contributed by atoms with Gasteiger partial charge in [0.05, 0.1) is 25.0 Å². The van der Waals surface area contributed by atoms with Crippen LogP contribution in [0.4, 0.5) is 0 Å². The highest BCUT2D eigenvalue weighted by atomic mass is 16.4. The van der Waals surface area contributed by atoms with Crippen molar-refractivity contribution in [3.05, 3.63) is 36.0 Å². The number of aliphatic hydroxyl groups excluding tert-OH is 1. The van der Waals surface area contributed by atoms with Crippen molar-refractivity contribution in [1.82, 2.24) is 36.9 Å². The van der Waals surface area contributed by atoms with E-state index in [9.17, 15) is 83.4 Å². The van der Waals surface area contributed by atoms with E-state index in [1.54, 1.807) is 24.3 Å². The van der Waals surface area contributed by atoms with Gasteiger partial charge in [-0.2, -0.15) is 0 Å². The lowest BCUT2D eigenvalue weighted by Gasteiger charge is -2.27. The van der Waals surface area contributed by atoms with Crippen LogP contribution in [0, 0.1) is 0 Å². The molecule has 0 aliphatic carbocycles. The third kappa shape index (κ3) is 16.6. The number of aliphatic hydroxyl groups is 1. The van der Waals surface area contributed by atoms with Gasteiger partial charge in [0.15, 0.2) is 6.04 Å². The van der Waals surface area contributed by atoms with E-state index in [-0.39, 0.29) is 6.42 Å². The Balaban J connectivity index is 2.50. The van der Waals surface area contributed by atoms with Gasteiger partial charge in [-0.15, -0.1) is 0 Å². The summed E-state index contributed by atoms with van der Waals surface area (Å²) in [7, 11) is 0. The number of aliphatic carboxylic acids is 5. The van der Waals surface area contributed by atoms with Crippen molar-refractivity contribution in [2.24, 2.45) is 5.73 Å². The standard InChI is InChI=1S/C36H48N8O17/c1-15(37)30(54)39-20(7-9-25(46)47)31(55)41-22(11-17-14-38-19-6-4-3-5-18(17)19)33(57)40-21(8-10-26(48)49)32(56)42-23(12-27(50)51)34(58)43-24(13-28(52)53)35(59)44-29(16(2)45)36(60)61/h3-6,14-16,20-24,29,38,45H,7-13,37H2,1-2H3,(H,39,54)(H,40,57)(H,41,55)(H,42,56)(H,43,58)(H,44,59)(H,46,47)(H,48,49)(H,50,51)(H,52,53)(H,60,61)/t15-,16+,20-,21-,22-,23-,24-,29-/m0/s1. The molecule has 61 heavy (non-hydrogen) atoms. The lowest BCUT2D eigenvalue weighted by Crippen LogP contribution is -2.60. The number of carboxylic acids is 5. The Labute approximate surface area is 345 Å². The van der Waals surface area contributed by atoms with E-state index in [0.717, 1.165) is 6.92 Å². The first-order valence-electron chi connectivity index (χ1n) is 18.4. The molecule has 0 saturated carbocycles. The molecule has 0 aliphatic rings. The van der Waals surface area contributed by atoms with Crippen molar-refractivity contribution in [3.8, 4) is 0 Å². The molecule has 2 aromatic rings. The average molecular weight is 865 g/mol. The molecule has 8 atom stereocenters. The molecule has 1 aromatic heterocycles. The molecule has 1 heterocycles. The summed E-state index contributed by atoms with van der Waals surface area (Å²) in [6.45, 7) is 2.28. The van der Waals surface area contributed by atoms with Gasteiger partial charge in [0, 0.05) is 36.4 Å². The van der Waals surface area contributed by atoms with Crippen LogP contribution >= 0.6 is 0 Å². The van der Waals surface area contributed by atoms with Crippen LogP contribution in [-0.4, -0.2) is 149 Å². The van der Waals surface area contributed by atoms with Crippen LogP contribution in [0.3, 0.4) is 0 Å². The Morgan fingerprint density at radius 3 is 1.43 bits per heavy atom. The van der Waals surface area contributed by atoms with E-state index in [1.165, 1.54) is 13.1 Å². The van der Waals surface area contributed by atoms with E-state index in [1.807, 2.05) is 16.0 Å². The van der Waals surface area contributed by atoms with Crippen molar-refractivity contribution in [3.63, 3.8) is 0 Å². The third-order valence-electron chi connectivity index (χ3n) is 8.77. The number of H-pyrrole nitrogens is 1. The summed E-state index contributed by atoms with van der Waals surface area (Å²) in [5, 5.41) is 69.9. The number of nitrogens with one attached hydrogen (secondary N) is 7. The molecule has 25 heteroatoms. The minimum atomic E-state index is -2.14. The first-order valence-corrected chi connectivity index (χ1v) is 18.4. The fourth-order valence-electron chi connectivity index (χ4n) is 5.61. The van der Waals surface area contributed by atoms with Crippen molar-refractivity contribution in [2.75, 3.05) is 0 Å². The van der Waals surface area contributed by atoms with Gasteiger partial charge in [-0.25, -0.2) is 4.79 Å². The molecule has 0 bridgehead atoms. The number of aromatic amines is 1. The highest BCUT2D eigenvalue weighted by molar-refractivity contribution is 5.99. The normalized spacial score (nSPS) is 14.9. The molecule has 2 rings (SSSR count). The van der Waals surface area contributed by atoms with E-state index in [4.69, 9.17) is 5.73 Å². The molecule has 0 fully saturated rings. The van der Waals surface area contributed by atoms with Gasteiger partial charge in [0.2, 0.25) is 35.4 Å². The summed E-state index contributed by atoms with van der Waals surface area (Å²) >= 11 is 0. The molecule has 0 radical (unpaired) electrons. The van der Waals surface area contributed by atoms with Gasteiger partial charge < -0.3 is 73.3 Å². The van der Waals surface area contributed by atoms with Crippen LogP contribution in [0.2, 0.25) is 0 Å². The molecular formula is C36H48N8O17. The monoisotopic (exact) mass is 864 g/mol. The van der Waals surface area contributed by atoms with Gasteiger partial charge in [0.1, 0.15) is 30.2 Å². The highest BCUT2D eigenvalue weighted by Gasteiger charge is 2.36. The van der Waals surface area contributed by atoms with Crippen molar-refractivity contribution in [1.29, 1.82) is 0 Å². The predicted molar refractivity (Wildman–Crippen MR) is 205 cm³/mol. The highest BCUT2D eigenvalue weighted by Crippen LogP contribution is 2.20. The number of carbonyl (C=O) groups is 11. The van der Waals surface area contributed by atoms with Crippen molar-refractivity contribution in [2.45, 2.75) is 107 Å². The molecule has 1 aromatic carbocycles. The number of carboxylic acid groups (broad SMARTS) is 5. The third-order valence-corrected chi connectivity index (χ3v) is 8.77. The molecule has 0 spiro atoms. The number of hydrogen-bond acceptors (Lipinski definition) is 13. The van der Waals surface area contributed by atoms with Crippen molar-refractivity contribution < 1.29 is 83.4 Å². The Kier molecular flexibility index (Phi) is 19.2. The Hall–Kier alpha value is -7.15. The molecule has 0 saturated heterocycles. The lowest BCUT2D eigenvalue weighted by molar-refractivity contribution is -0.146. The number of carbonyl (C=O) groups excluding carboxylic acids is 6. The fourth-order valence-corrected chi connectivity index (χ4v) is 5.61. The number of rotatable bonds is 26.